The van der Waals surface area contributed by atoms with Crippen molar-refractivity contribution in [3.8, 4) is 6.07 Å². The molecule has 8 nitrogen and oxygen atoms in total. The molecule has 1 aromatic rings. The molecule has 0 aliphatic rings. The van der Waals surface area contributed by atoms with Crippen molar-refractivity contribution in [2.24, 2.45) is 11.1 Å². The fourth-order valence-corrected chi connectivity index (χ4v) is 1.18. The molecule has 0 saturated heterocycles. The third kappa shape index (κ3) is 3.38. The largest absolute Gasteiger partial charge is 0.369 e. The van der Waals surface area contributed by atoms with E-state index in [9.17, 15) is 14.9 Å². The zero-order chi connectivity index (χ0) is 14.6. The van der Waals surface area contributed by atoms with Gasteiger partial charge in [-0.2, -0.15) is 5.26 Å². The topological polar surface area (TPSA) is 135 Å². The van der Waals surface area contributed by atoms with Gasteiger partial charge in [0.2, 0.25) is 11.7 Å². The van der Waals surface area contributed by atoms with Crippen LogP contribution in [0.2, 0.25) is 0 Å². The summed E-state index contributed by atoms with van der Waals surface area (Å²) in [5.74, 6) is -0.533. The van der Waals surface area contributed by atoms with Gasteiger partial charge in [-0.1, -0.05) is 0 Å². The maximum Gasteiger partial charge on any atom is 0.312 e. The van der Waals surface area contributed by atoms with Crippen molar-refractivity contribution in [1.29, 1.82) is 5.26 Å². The SMILES string of the molecule is CC(C)(CNc1ncc(C#N)cc1[N+](=O)[O-])C(N)=O. The highest BCUT2D eigenvalue weighted by Crippen LogP contribution is 2.24. The molecule has 0 aliphatic heterocycles. The highest BCUT2D eigenvalue weighted by molar-refractivity contribution is 5.80. The second-order valence-corrected chi connectivity index (χ2v) is 4.56. The molecule has 0 saturated carbocycles. The van der Waals surface area contributed by atoms with Crippen LogP contribution in [0, 0.1) is 26.9 Å². The summed E-state index contributed by atoms with van der Waals surface area (Å²) in [6.07, 6.45) is 1.21. The van der Waals surface area contributed by atoms with Crippen LogP contribution >= 0.6 is 0 Å². The molecule has 8 heteroatoms. The summed E-state index contributed by atoms with van der Waals surface area (Å²) in [4.78, 5) is 25.2. The third-order valence-corrected chi connectivity index (χ3v) is 2.56. The highest BCUT2D eigenvalue weighted by atomic mass is 16.6. The molecular weight excluding hydrogens is 250 g/mol. The minimum Gasteiger partial charge on any atom is -0.369 e. The first-order valence-electron chi connectivity index (χ1n) is 5.36. The number of nitro groups is 1. The molecule has 3 N–H and O–H groups in total. The Balaban J connectivity index is 2.99. The van der Waals surface area contributed by atoms with E-state index in [2.05, 4.69) is 10.3 Å². The number of nitrogens with one attached hydrogen (secondary N) is 1. The van der Waals surface area contributed by atoms with Crippen LogP contribution in [-0.2, 0) is 4.79 Å². The van der Waals surface area contributed by atoms with Crippen molar-refractivity contribution in [3.63, 3.8) is 0 Å². The summed E-state index contributed by atoms with van der Waals surface area (Å²) in [5.41, 5.74) is 4.10. The van der Waals surface area contributed by atoms with Gasteiger partial charge in [-0.3, -0.25) is 14.9 Å². The first kappa shape index (κ1) is 14.4. The Morgan fingerprint density at radius 2 is 2.32 bits per heavy atom. The molecular formula is C11H13N5O3. The van der Waals surface area contributed by atoms with E-state index in [1.165, 1.54) is 6.20 Å². The van der Waals surface area contributed by atoms with Crippen LogP contribution in [0.3, 0.4) is 0 Å². The molecule has 100 valence electrons. The molecule has 0 aliphatic carbocycles. The van der Waals surface area contributed by atoms with Crippen LogP contribution < -0.4 is 11.1 Å². The third-order valence-electron chi connectivity index (χ3n) is 2.56. The molecule has 0 radical (unpaired) electrons. The fourth-order valence-electron chi connectivity index (χ4n) is 1.18. The lowest BCUT2D eigenvalue weighted by Gasteiger charge is -2.20. The number of primary amides is 1. The predicted molar refractivity (Wildman–Crippen MR) is 67.1 cm³/mol. The number of nitrogens with zero attached hydrogens (tertiary/aromatic N) is 3. The molecule has 1 amide bonds. The Kier molecular flexibility index (Phi) is 4.01. The number of nitrogens with two attached hydrogens (primary N) is 1. The van der Waals surface area contributed by atoms with Gasteiger partial charge < -0.3 is 11.1 Å². The van der Waals surface area contributed by atoms with E-state index in [0.717, 1.165) is 6.07 Å². The summed E-state index contributed by atoms with van der Waals surface area (Å²) in [5, 5.41) is 22.2. The summed E-state index contributed by atoms with van der Waals surface area (Å²) in [6, 6.07) is 2.89. The average Bonchev–Trinajstić information content (AvgIpc) is 2.35. The van der Waals surface area contributed by atoms with Crippen LogP contribution in [0.1, 0.15) is 19.4 Å². The van der Waals surface area contributed by atoms with Gasteiger partial charge in [0.25, 0.3) is 0 Å². The van der Waals surface area contributed by atoms with E-state index < -0.39 is 16.2 Å². The standard InChI is InChI=1S/C11H13N5O3/c1-11(2,10(13)17)6-15-9-8(16(18)19)3-7(4-12)5-14-9/h3,5H,6H2,1-2H3,(H2,13,17)(H,14,15). The van der Waals surface area contributed by atoms with Gasteiger partial charge in [0.1, 0.15) is 6.07 Å². The number of hydrogen-bond donors (Lipinski definition) is 2. The van der Waals surface area contributed by atoms with Crippen molar-refractivity contribution >= 4 is 17.4 Å². The minimum absolute atomic E-state index is 0.00155. The van der Waals surface area contributed by atoms with Crippen molar-refractivity contribution < 1.29 is 9.72 Å². The second kappa shape index (κ2) is 5.30. The number of carbonyl (C=O) groups excluding carboxylic acids is 1. The molecule has 1 heterocycles. The van der Waals surface area contributed by atoms with Crippen molar-refractivity contribution in [2.45, 2.75) is 13.8 Å². The molecule has 1 rings (SSSR count). The van der Waals surface area contributed by atoms with Crippen LogP contribution in [0.25, 0.3) is 0 Å². The summed E-state index contributed by atoms with van der Waals surface area (Å²) in [7, 11) is 0. The zero-order valence-electron chi connectivity index (χ0n) is 10.5. The number of carbonyl (C=O) groups is 1. The molecule has 0 aromatic carbocycles. The predicted octanol–water partition coefficient (Wildman–Crippen LogP) is 0.785. The first-order valence-corrected chi connectivity index (χ1v) is 5.36. The van der Waals surface area contributed by atoms with E-state index in [0.29, 0.717) is 0 Å². The van der Waals surface area contributed by atoms with Gasteiger partial charge >= 0.3 is 5.69 Å². The number of aromatic nitrogens is 1. The van der Waals surface area contributed by atoms with Crippen molar-refractivity contribution in [2.75, 3.05) is 11.9 Å². The van der Waals surface area contributed by atoms with Gasteiger partial charge in [0.05, 0.1) is 15.9 Å². The lowest BCUT2D eigenvalue weighted by Crippen LogP contribution is -2.37. The van der Waals surface area contributed by atoms with Crippen LogP contribution in [0.15, 0.2) is 12.3 Å². The maximum atomic E-state index is 11.1. The van der Waals surface area contributed by atoms with E-state index >= 15 is 0 Å². The zero-order valence-corrected chi connectivity index (χ0v) is 10.5. The van der Waals surface area contributed by atoms with Crippen LogP contribution in [-0.4, -0.2) is 22.4 Å². The second-order valence-electron chi connectivity index (χ2n) is 4.56. The highest BCUT2D eigenvalue weighted by Gasteiger charge is 2.26. The first-order chi connectivity index (χ1) is 8.77. The maximum absolute atomic E-state index is 11.1. The van der Waals surface area contributed by atoms with Crippen molar-refractivity contribution in [3.05, 3.63) is 27.9 Å². The molecule has 1 aromatic heterocycles. The van der Waals surface area contributed by atoms with Gasteiger partial charge in [-0.25, -0.2) is 4.98 Å². The number of nitriles is 1. The number of hydrogen-bond acceptors (Lipinski definition) is 6. The van der Waals surface area contributed by atoms with Gasteiger partial charge in [0.15, 0.2) is 0 Å². The number of rotatable bonds is 5. The molecule has 0 unspecified atom stereocenters. The van der Waals surface area contributed by atoms with Gasteiger partial charge in [-0.05, 0) is 13.8 Å². The monoisotopic (exact) mass is 263 g/mol. The molecule has 19 heavy (non-hydrogen) atoms. The van der Waals surface area contributed by atoms with Gasteiger partial charge in [-0.15, -0.1) is 0 Å². The normalized spacial score (nSPS) is 10.6. The smallest absolute Gasteiger partial charge is 0.312 e. The molecule has 0 spiro atoms. The van der Waals surface area contributed by atoms with E-state index in [1.54, 1.807) is 19.9 Å². The minimum atomic E-state index is -0.872. The number of pyridine rings is 1. The summed E-state index contributed by atoms with van der Waals surface area (Å²) in [6.45, 7) is 3.32. The van der Waals surface area contributed by atoms with E-state index in [1.807, 2.05) is 0 Å². The number of anilines is 1. The van der Waals surface area contributed by atoms with Crippen LogP contribution in [0.4, 0.5) is 11.5 Å². The fraction of sp³-hybridized carbons (Fsp3) is 0.364. The average molecular weight is 263 g/mol. The Morgan fingerprint density at radius 1 is 1.68 bits per heavy atom. The van der Waals surface area contributed by atoms with E-state index in [-0.39, 0.29) is 23.6 Å². The Hall–Kier alpha value is -2.69. The van der Waals surface area contributed by atoms with Crippen LogP contribution in [0.5, 0.6) is 0 Å². The quantitative estimate of drug-likeness (QED) is 0.595. The Labute approximate surface area is 109 Å². The molecule has 0 fully saturated rings. The Morgan fingerprint density at radius 3 is 2.79 bits per heavy atom. The van der Waals surface area contributed by atoms with Crippen molar-refractivity contribution in [1.82, 2.24) is 4.98 Å². The van der Waals surface area contributed by atoms with Gasteiger partial charge in [0, 0.05) is 18.8 Å². The lowest BCUT2D eigenvalue weighted by atomic mass is 9.93. The summed E-state index contributed by atoms with van der Waals surface area (Å²) < 4.78 is 0. The molecule has 0 atom stereocenters. The van der Waals surface area contributed by atoms with E-state index in [4.69, 9.17) is 11.0 Å². The summed E-state index contributed by atoms with van der Waals surface area (Å²) >= 11 is 0. The number of amides is 1. The lowest BCUT2D eigenvalue weighted by molar-refractivity contribution is -0.384. The Bertz CT molecular complexity index is 562. The molecule has 0 bridgehead atoms.